The molecule has 0 aliphatic carbocycles. The summed E-state index contributed by atoms with van der Waals surface area (Å²) in [5.74, 6) is 1.39. The van der Waals surface area contributed by atoms with Crippen LogP contribution in [0.5, 0.6) is 11.5 Å². The van der Waals surface area contributed by atoms with Gasteiger partial charge >= 0.3 is 0 Å². The Labute approximate surface area is 144 Å². The largest absolute Gasteiger partial charge is 0.496 e. The van der Waals surface area contributed by atoms with Crippen molar-refractivity contribution in [1.82, 2.24) is 10.2 Å². The first-order valence-corrected chi connectivity index (χ1v) is 6.94. The molecule has 22 heavy (non-hydrogen) atoms. The molecule has 1 aliphatic heterocycles. The molecule has 7 heteroatoms. The number of hydrogen-bond acceptors (Lipinski definition) is 4. The number of piperazine rings is 1. The fourth-order valence-electron chi connectivity index (χ4n) is 2.75. The van der Waals surface area contributed by atoms with Crippen LogP contribution in [-0.2, 0) is 0 Å². The first-order valence-electron chi connectivity index (χ1n) is 6.94. The molecule has 1 heterocycles. The van der Waals surface area contributed by atoms with E-state index in [0.717, 1.165) is 37.3 Å². The van der Waals surface area contributed by atoms with Gasteiger partial charge in [0.2, 0.25) is 0 Å². The smallest absolute Gasteiger partial charge is 0.127 e. The Morgan fingerprint density at radius 2 is 1.64 bits per heavy atom. The van der Waals surface area contributed by atoms with E-state index >= 15 is 0 Å². The minimum atomic E-state index is -0.449. The van der Waals surface area contributed by atoms with Crippen molar-refractivity contribution in [2.45, 2.75) is 13.0 Å². The molecule has 0 spiro atoms. The predicted octanol–water partition coefficient (Wildman–Crippen LogP) is 2.77. The third kappa shape index (κ3) is 4.62. The molecule has 1 atom stereocenters. The number of halogens is 3. The van der Waals surface area contributed by atoms with E-state index in [1.54, 1.807) is 14.2 Å². The van der Waals surface area contributed by atoms with Crippen molar-refractivity contribution in [1.29, 1.82) is 0 Å². The van der Waals surface area contributed by atoms with Gasteiger partial charge in [0.15, 0.2) is 0 Å². The predicted molar refractivity (Wildman–Crippen MR) is 91.9 cm³/mol. The number of hydrogen-bond donors (Lipinski definition) is 1. The van der Waals surface area contributed by atoms with Crippen LogP contribution in [0.1, 0.15) is 17.2 Å². The summed E-state index contributed by atoms with van der Waals surface area (Å²) in [6.07, 6.45) is 0. The Hall–Kier alpha value is -0.750. The number of nitrogens with zero attached hydrogens (tertiary/aromatic N) is 1. The standard InChI is InChI=1S/C15H23FN2O2.2ClH/c1-11-8-13(19-2)15(14(9-11)20-3)12(10-16)18-6-4-17-5-7-18;;/h8-9,12,17H,4-7,10H2,1-3H3;2*1H/t12-;;/m1../s1. The van der Waals surface area contributed by atoms with Gasteiger partial charge in [-0.3, -0.25) is 4.90 Å². The van der Waals surface area contributed by atoms with Crippen molar-refractivity contribution in [3.05, 3.63) is 23.3 Å². The molecule has 0 unspecified atom stereocenters. The lowest BCUT2D eigenvalue weighted by Crippen LogP contribution is -2.45. The third-order valence-electron chi connectivity index (χ3n) is 3.76. The molecular formula is C15H25Cl2FN2O2. The average molecular weight is 355 g/mol. The molecule has 1 fully saturated rings. The first kappa shape index (κ1) is 21.2. The van der Waals surface area contributed by atoms with Crippen molar-refractivity contribution in [2.75, 3.05) is 47.1 Å². The molecule has 0 bridgehead atoms. The van der Waals surface area contributed by atoms with E-state index in [-0.39, 0.29) is 30.9 Å². The molecule has 128 valence electrons. The molecule has 0 radical (unpaired) electrons. The summed E-state index contributed by atoms with van der Waals surface area (Å²) >= 11 is 0. The molecule has 1 aromatic rings. The van der Waals surface area contributed by atoms with E-state index < -0.39 is 6.67 Å². The quantitative estimate of drug-likeness (QED) is 0.881. The van der Waals surface area contributed by atoms with Crippen LogP contribution in [0.4, 0.5) is 4.39 Å². The van der Waals surface area contributed by atoms with Crippen LogP contribution in [0.25, 0.3) is 0 Å². The molecular weight excluding hydrogens is 330 g/mol. The zero-order chi connectivity index (χ0) is 14.5. The van der Waals surface area contributed by atoms with Gasteiger partial charge in [-0.2, -0.15) is 0 Å². The normalized spacial score (nSPS) is 16.2. The zero-order valence-corrected chi connectivity index (χ0v) is 14.9. The van der Waals surface area contributed by atoms with Gasteiger partial charge in [-0.25, -0.2) is 4.39 Å². The lowest BCUT2D eigenvalue weighted by atomic mass is 10.0. The number of benzene rings is 1. The molecule has 0 amide bonds. The van der Waals surface area contributed by atoms with E-state index in [1.165, 1.54) is 0 Å². The van der Waals surface area contributed by atoms with Gasteiger partial charge in [0.25, 0.3) is 0 Å². The second-order valence-electron chi connectivity index (χ2n) is 5.04. The molecule has 1 aliphatic rings. The minimum absolute atomic E-state index is 0. The van der Waals surface area contributed by atoms with Gasteiger partial charge in [-0.05, 0) is 24.6 Å². The summed E-state index contributed by atoms with van der Waals surface area (Å²) in [4.78, 5) is 2.15. The minimum Gasteiger partial charge on any atom is -0.496 e. The fraction of sp³-hybridized carbons (Fsp3) is 0.600. The van der Waals surface area contributed by atoms with E-state index in [0.29, 0.717) is 11.5 Å². The lowest BCUT2D eigenvalue weighted by molar-refractivity contribution is 0.142. The van der Waals surface area contributed by atoms with Crippen molar-refractivity contribution in [2.24, 2.45) is 0 Å². The van der Waals surface area contributed by atoms with E-state index in [2.05, 4.69) is 10.2 Å². The number of ether oxygens (including phenoxy) is 2. The molecule has 2 rings (SSSR count). The van der Waals surface area contributed by atoms with Crippen molar-refractivity contribution < 1.29 is 13.9 Å². The monoisotopic (exact) mass is 354 g/mol. The highest BCUT2D eigenvalue weighted by Crippen LogP contribution is 2.38. The highest BCUT2D eigenvalue weighted by atomic mass is 35.5. The number of aryl methyl sites for hydroxylation is 1. The molecule has 0 saturated carbocycles. The second kappa shape index (κ2) is 10.1. The number of nitrogens with one attached hydrogen (secondary N) is 1. The van der Waals surface area contributed by atoms with Gasteiger partial charge in [0.1, 0.15) is 18.2 Å². The summed E-state index contributed by atoms with van der Waals surface area (Å²) in [5, 5.41) is 3.28. The molecule has 1 aromatic carbocycles. The molecule has 0 aromatic heterocycles. The Kier molecular flexibility index (Phi) is 9.76. The average Bonchev–Trinajstić information content (AvgIpc) is 2.49. The van der Waals surface area contributed by atoms with Crippen LogP contribution < -0.4 is 14.8 Å². The summed E-state index contributed by atoms with van der Waals surface area (Å²) < 4.78 is 24.6. The summed E-state index contributed by atoms with van der Waals surface area (Å²) in [7, 11) is 3.23. The van der Waals surface area contributed by atoms with Crippen LogP contribution >= 0.6 is 24.8 Å². The number of rotatable bonds is 5. The Bertz CT molecular complexity index is 432. The van der Waals surface area contributed by atoms with Crippen molar-refractivity contribution in [3.8, 4) is 11.5 Å². The topological polar surface area (TPSA) is 33.7 Å². The maximum Gasteiger partial charge on any atom is 0.127 e. The van der Waals surface area contributed by atoms with E-state index in [9.17, 15) is 4.39 Å². The van der Waals surface area contributed by atoms with Gasteiger partial charge in [0, 0.05) is 26.2 Å². The summed E-state index contributed by atoms with van der Waals surface area (Å²) in [6.45, 7) is 4.95. The molecule has 1 saturated heterocycles. The lowest BCUT2D eigenvalue weighted by Gasteiger charge is -2.34. The highest BCUT2D eigenvalue weighted by Gasteiger charge is 2.28. The van der Waals surface area contributed by atoms with Crippen molar-refractivity contribution in [3.63, 3.8) is 0 Å². The molecule has 1 N–H and O–H groups in total. The fourth-order valence-corrected chi connectivity index (χ4v) is 2.75. The van der Waals surface area contributed by atoms with E-state index in [4.69, 9.17) is 9.47 Å². The van der Waals surface area contributed by atoms with Crippen LogP contribution in [0.2, 0.25) is 0 Å². The Morgan fingerprint density at radius 1 is 1.14 bits per heavy atom. The first-order chi connectivity index (χ1) is 9.71. The van der Waals surface area contributed by atoms with Crippen LogP contribution in [0, 0.1) is 6.92 Å². The summed E-state index contributed by atoms with van der Waals surface area (Å²) in [6, 6.07) is 3.55. The van der Waals surface area contributed by atoms with Crippen LogP contribution in [0.15, 0.2) is 12.1 Å². The third-order valence-corrected chi connectivity index (χ3v) is 3.76. The maximum atomic E-state index is 13.7. The number of methoxy groups -OCH3 is 2. The van der Waals surface area contributed by atoms with Gasteiger partial charge in [-0.1, -0.05) is 0 Å². The van der Waals surface area contributed by atoms with Gasteiger partial charge < -0.3 is 14.8 Å². The molecule has 4 nitrogen and oxygen atoms in total. The van der Waals surface area contributed by atoms with E-state index in [1.807, 2.05) is 19.1 Å². The Balaban J connectivity index is 0.00000220. The van der Waals surface area contributed by atoms with Gasteiger partial charge in [-0.15, -0.1) is 24.8 Å². The SMILES string of the molecule is COc1cc(C)cc(OC)c1[C@@H](CF)N1CCNCC1.Cl.Cl. The summed E-state index contributed by atoms with van der Waals surface area (Å²) in [5.41, 5.74) is 1.85. The van der Waals surface area contributed by atoms with Gasteiger partial charge in [0.05, 0.1) is 25.8 Å². The Morgan fingerprint density at radius 3 is 2.05 bits per heavy atom. The van der Waals surface area contributed by atoms with Crippen LogP contribution in [-0.4, -0.2) is 52.0 Å². The van der Waals surface area contributed by atoms with Crippen LogP contribution in [0.3, 0.4) is 0 Å². The van der Waals surface area contributed by atoms with Crippen molar-refractivity contribution >= 4 is 24.8 Å². The zero-order valence-electron chi connectivity index (χ0n) is 13.2. The second-order valence-corrected chi connectivity index (χ2v) is 5.04. The number of alkyl halides is 1. The maximum absolute atomic E-state index is 13.7. The highest BCUT2D eigenvalue weighted by molar-refractivity contribution is 5.85.